The molecule has 0 aliphatic carbocycles. The van der Waals surface area contributed by atoms with E-state index in [0.29, 0.717) is 11.8 Å². The molecule has 1 heterocycles. The molecule has 0 aromatic heterocycles. The van der Waals surface area contributed by atoms with Crippen molar-refractivity contribution in [2.75, 3.05) is 13.1 Å². The van der Waals surface area contributed by atoms with E-state index in [1.54, 1.807) is 12.1 Å². The molecule has 0 spiro atoms. The largest absolute Gasteiger partial charge is 0.348 e. The maximum absolute atomic E-state index is 13.0. The lowest BCUT2D eigenvalue weighted by Gasteiger charge is -2.38. The number of carbonyl (C=O) groups is 1. The summed E-state index contributed by atoms with van der Waals surface area (Å²) in [6, 6.07) is 6.04. The SMILES string of the molecule is CC1CC(C)CN(C(C)C(=O)NC(C)c2ccc(F)cc2)C1. The van der Waals surface area contributed by atoms with Crippen molar-refractivity contribution in [1.82, 2.24) is 10.2 Å². The van der Waals surface area contributed by atoms with Crippen molar-refractivity contribution < 1.29 is 9.18 Å². The fourth-order valence-corrected chi connectivity index (χ4v) is 3.36. The average molecular weight is 306 g/mol. The molecule has 1 aliphatic rings. The Labute approximate surface area is 132 Å². The Balaban J connectivity index is 1.94. The second-order valence-electron chi connectivity index (χ2n) is 6.86. The quantitative estimate of drug-likeness (QED) is 0.925. The van der Waals surface area contributed by atoms with Gasteiger partial charge in [-0.3, -0.25) is 9.69 Å². The predicted molar refractivity (Wildman–Crippen MR) is 86.9 cm³/mol. The van der Waals surface area contributed by atoms with Crippen LogP contribution in [-0.2, 0) is 4.79 Å². The number of benzene rings is 1. The number of hydrogen-bond donors (Lipinski definition) is 1. The van der Waals surface area contributed by atoms with Crippen molar-refractivity contribution in [3.8, 4) is 0 Å². The Hall–Kier alpha value is -1.42. The molecule has 1 fully saturated rings. The van der Waals surface area contributed by atoms with E-state index >= 15 is 0 Å². The highest BCUT2D eigenvalue weighted by Crippen LogP contribution is 2.23. The molecule has 0 radical (unpaired) electrons. The van der Waals surface area contributed by atoms with Gasteiger partial charge in [-0.25, -0.2) is 4.39 Å². The van der Waals surface area contributed by atoms with Crippen molar-refractivity contribution in [3.63, 3.8) is 0 Å². The highest BCUT2D eigenvalue weighted by molar-refractivity contribution is 5.81. The van der Waals surface area contributed by atoms with Gasteiger partial charge in [-0.15, -0.1) is 0 Å². The number of nitrogens with zero attached hydrogens (tertiary/aromatic N) is 1. The zero-order chi connectivity index (χ0) is 16.3. The second-order valence-corrected chi connectivity index (χ2v) is 6.86. The molecular weight excluding hydrogens is 279 g/mol. The van der Waals surface area contributed by atoms with Crippen molar-refractivity contribution in [1.29, 1.82) is 0 Å². The molecule has 3 nitrogen and oxygen atoms in total. The van der Waals surface area contributed by atoms with Gasteiger partial charge in [0, 0.05) is 13.1 Å². The van der Waals surface area contributed by atoms with Gasteiger partial charge in [0.1, 0.15) is 5.82 Å². The molecule has 4 unspecified atom stereocenters. The minimum Gasteiger partial charge on any atom is -0.348 e. The topological polar surface area (TPSA) is 32.3 Å². The lowest BCUT2D eigenvalue weighted by molar-refractivity contribution is -0.127. The molecule has 4 heteroatoms. The maximum Gasteiger partial charge on any atom is 0.237 e. The van der Waals surface area contributed by atoms with Crippen LogP contribution in [0.15, 0.2) is 24.3 Å². The molecule has 0 saturated carbocycles. The zero-order valence-corrected chi connectivity index (χ0v) is 14.0. The number of rotatable bonds is 4. The number of nitrogens with one attached hydrogen (secondary N) is 1. The van der Waals surface area contributed by atoms with Crippen molar-refractivity contribution in [2.45, 2.75) is 46.2 Å². The lowest BCUT2D eigenvalue weighted by atomic mass is 9.91. The molecule has 1 aromatic carbocycles. The average Bonchev–Trinajstić information content (AvgIpc) is 2.46. The molecule has 4 atom stereocenters. The van der Waals surface area contributed by atoms with E-state index in [4.69, 9.17) is 0 Å². The van der Waals surface area contributed by atoms with Crippen LogP contribution in [0, 0.1) is 17.7 Å². The van der Waals surface area contributed by atoms with Crippen LogP contribution in [0.1, 0.15) is 45.7 Å². The molecular formula is C18H27FN2O. The smallest absolute Gasteiger partial charge is 0.237 e. The Bertz CT molecular complexity index is 492. The number of likely N-dealkylation sites (tertiary alicyclic amines) is 1. The Morgan fingerprint density at radius 1 is 1.18 bits per heavy atom. The molecule has 0 bridgehead atoms. The van der Waals surface area contributed by atoms with Gasteiger partial charge in [-0.05, 0) is 49.8 Å². The van der Waals surface area contributed by atoms with Crippen molar-refractivity contribution in [3.05, 3.63) is 35.6 Å². The summed E-state index contributed by atoms with van der Waals surface area (Å²) in [5.41, 5.74) is 0.919. The van der Waals surface area contributed by atoms with Gasteiger partial charge in [-0.2, -0.15) is 0 Å². The zero-order valence-electron chi connectivity index (χ0n) is 14.0. The molecule has 22 heavy (non-hydrogen) atoms. The Kier molecular flexibility index (Phi) is 5.57. The first kappa shape index (κ1) is 16.9. The van der Waals surface area contributed by atoms with E-state index in [1.807, 2.05) is 13.8 Å². The van der Waals surface area contributed by atoms with Crippen molar-refractivity contribution >= 4 is 5.91 Å². The van der Waals surface area contributed by atoms with E-state index in [2.05, 4.69) is 24.1 Å². The number of amides is 1. The summed E-state index contributed by atoms with van der Waals surface area (Å²) >= 11 is 0. The standard InChI is InChI=1S/C18H27FN2O/c1-12-9-13(2)11-21(10-12)15(4)18(22)20-14(3)16-5-7-17(19)8-6-16/h5-8,12-15H,9-11H2,1-4H3,(H,20,22). The van der Waals surface area contributed by atoms with Crippen LogP contribution in [0.3, 0.4) is 0 Å². The third-order valence-electron chi connectivity index (χ3n) is 4.55. The molecule has 1 aromatic rings. The van der Waals surface area contributed by atoms with Gasteiger partial charge in [0.15, 0.2) is 0 Å². The van der Waals surface area contributed by atoms with Crippen molar-refractivity contribution in [2.24, 2.45) is 11.8 Å². The number of hydrogen-bond acceptors (Lipinski definition) is 2. The van der Waals surface area contributed by atoms with Gasteiger partial charge in [0.05, 0.1) is 12.1 Å². The fourth-order valence-electron chi connectivity index (χ4n) is 3.36. The van der Waals surface area contributed by atoms with Crippen LogP contribution in [0.25, 0.3) is 0 Å². The third-order valence-corrected chi connectivity index (χ3v) is 4.55. The van der Waals surface area contributed by atoms with Gasteiger partial charge in [0.2, 0.25) is 5.91 Å². The van der Waals surface area contributed by atoms with Crippen LogP contribution >= 0.6 is 0 Å². The number of carbonyl (C=O) groups excluding carboxylic acids is 1. The minimum atomic E-state index is -0.257. The van der Waals surface area contributed by atoms with Gasteiger partial charge in [-0.1, -0.05) is 26.0 Å². The fraction of sp³-hybridized carbons (Fsp3) is 0.611. The lowest BCUT2D eigenvalue weighted by Crippen LogP contribution is -2.50. The van der Waals surface area contributed by atoms with E-state index in [0.717, 1.165) is 18.7 Å². The normalized spacial score (nSPS) is 25.5. The van der Waals surface area contributed by atoms with Crippen LogP contribution in [0.5, 0.6) is 0 Å². The van der Waals surface area contributed by atoms with Gasteiger partial charge < -0.3 is 5.32 Å². The molecule has 122 valence electrons. The van der Waals surface area contributed by atoms with E-state index < -0.39 is 0 Å². The first-order chi connectivity index (χ1) is 10.4. The predicted octanol–water partition coefficient (Wildman–Crippen LogP) is 3.37. The van der Waals surface area contributed by atoms with Crippen LogP contribution in [0.4, 0.5) is 4.39 Å². The first-order valence-electron chi connectivity index (χ1n) is 8.16. The first-order valence-corrected chi connectivity index (χ1v) is 8.16. The van der Waals surface area contributed by atoms with E-state index in [-0.39, 0.29) is 23.8 Å². The molecule has 2 rings (SSSR count). The maximum atomic E-state index is 13.0. The van der Waals surface area contributed by atoms with Crippen LogP contribution in [0.2, 0.25) is 0 Å². The van der Waals surface area contributed by atoms with Crippen LogP contribution in [-0.4, -0.2) is 29.9 Å². The summed E-state index contributed by atoms with van der Waals surface area (Å²) in [7, 11) is 0. The second kappa shape index (κ2) is 7.23. The molecule has 1 aliphatic heterocycles. The number of halogens is 1. The summed E-state index contributed by atoms with van der Waals surface area (Å²) in [6.45, 7) is 10.3. The Morgan fingerprint density at radius 3 is 2.27 bits per heavy atom. The summed E-state index contributed by atoms with van der Waals surface area (Å²) in [5.74, 6) is 1.05. The summed E-state index contributed by atoms with van der Waals surface area (Å²) < 4.78 is 13.0. The van der Waals surface area contributed by atoms with Gasteiger partial charge >= 0.3 is 0 Å². The highest BCUT2D eigenvalue weighted by Gasteiger charge is 2.29. The van der Waals surface area contributed by atoms with E-state index in [9.17, 15) is 9.18 Å². The van der Waals surface area contributed by atoms with Crippen LogP contribution < -0.4 is 5.32 Å². The highest BCUT2D eigenvalue weighted by atomic mass is 19.1. The molecule has 1 saturated heterocycles. The number of piperidine rings is 1. The summed E-state index contributed by atoms with van der Waals surface area (Å²) in [4.78, 5) is 14.7. The summed E-state index contributed by atoms with van der Waals surface area (Å²) in [6.07, 6.45) is 1.23. The molecule has 1 N–H and O–H groups in total. The van der Waals surface area contributed by atoms with Gasteiger partial charge in [0.25, 0.3) is 0 Å². The monoisotopic (exact) mass is 306 g/mol. The summed E-state index contributed by atoms with van der Waals surface area (Å²) in [5, 5.41) is 3.04. The third kappa shape index (κ3) is 4.29. The minimum absolute atomic E-state index is 0.0399. The van der Waals surface area contributed by atoms with E-state index in [1.165, 1.54) is 18.6 Å². The molecule has 1 amide bonds. The Morgan fingerprint density at radius 2 is 1.73 bits per heavy atom.